The van der Waals surface area contributed by atoms with Crippen LogP contribution in [0.5, 0.6) is 28.7 Å². The second-order valence-electron chi connectivity index (χ2n) is 8.20. The fraction of sp³-hybridized carbons (Fsp3) is 0.321. The normalized spacial score (nSPS) is 10.8. The number of aromatic nitrogens is 2. The lowest BCUT2D eigenvalue weighted by Crippen LogP contribution is -2.20. The molecule has 0 spiro atoms. The fourth-order valence-corrected chi connectivity index (χ4v) is 3.58. The van der Waals surface area contributed by atoms with Gasteiger partial charge < -0.3 is 29.0 Å². The molecule has 9 heteroatoms. The summed E-state index contributed by atoms with van der Waals surface area (Å²) in [4.78, 5) is 21.5. The van der Waals surface area contributed by atoms with Crippen molar-refractivity contribution in [3.8, 4) is 28.7 Å². The van der Waals surface area contributed by atoms with Crippen LogP contribution in [0.1, 0.15) is 33.9 Å². The first kappa shape index (κ1) is 27.3. The third-order valence-electron chi connectivity index (χ3n) is 5.79. The largest absolute Gasteiger partial charge is 0.496 e. The lowest BCUT2D eigenvalue weighted by molar-refractivity contribution is -0.116. The summed E-state index contributed by atoms with van der Waals surface area (Å²) < 4.78 is 27.5. The quantitative estimate of drug-likeness (QED) is 0.383. The molecule has 0 aliphatic carbocycles. The van der Waals surface area contributed by atoms with E-state index in [4.69, 9.17) is 23.7 Å². The van der Waals surface area contributed by atoms with Gasteiger partial charge in [0.1, 0.15) is 12.4 Å². The average Bonchev–Trinajstić information content (AvgIpc) is 2.91. The molecule has 9 nitrogen and oxygen atoms in total. The first-order valence-electron chi connectivity index (χ1n) is 11.7. The highest BCUT2D eigenvalue weighted by atomic mass is 16.5. The number of ether oxygens (including phenoxy) is 5. The number of methoxy groups -OCH3 is 4. The molecule has 1 N–H and O–H groups in total. The molecule has 37 heavy (non-hydrogen) atoms. The van der Waals surface area contributed by atoms with Crippen molar-refractivity contribution in [2.24, 2.45) is 0 Å². The predicted molar refractivity (Wildman–Crippen MR) is 141 cm³/mol. The van der Waals surface area contributed by atoms with Crippen LogP contribution in [0.2, 0.25) is 0 Å². The lowest BCUT2D eigenvalue weighted by Gasteiger charge is -2.14. The Balaban J connectivity index is 1.64. The monoisotopic (exact) mass is 507 g/mol. The molecule has 3 aromatic rings. The van der Waals surface area contributed by atoms with Crippen molar-refractivity contribution in [3.05, 3.63) is 70.3 Å². The zero-order chi connectivity index (χ0) is 26.9. The van der Waals surface area contributed by atoms with Gasteiger partial charge in [-0.3, -0.25) is 14.8 Å². The molecule has 0 bridgehead atoms. The molecule has 196 valence electrons. The number of hydrogen-bond donors (Lipinski definition) is 1. The van der Waals surface area contributed by atoms with Crippen molar-refractivity contribution in [1.29, 1.82) is 0 Å². The van der Waals surface area contributed by atoms with E-state index < -0.39 is 0 Å². The number of carbonyl (C=O) groups excluding carboxylic acids is 1. The Hall–Kier alpha value is -4.27. The summed E-state index contributed by atoms with van der Waals surface area (Å²) >= 11 is 0. The number of hydrogen-bond acceptors (Lipinski definition) is 8. The van der Waals surface area contributed by atoms with Crippen LogP contribution in [0.25, 0.3) is 6.08 Å². The highest BCUT2D eigenvalue weighted by Gasteiger charge is 2.12. The second kappa shape index (κ2) is 12.6. The van der Waals surface area contributed by atoms with Gasteiger partial charge in [-0.25, -0.2) is 0 Å². The number of aryl methyl sites for hydroxylation is 3. The van der Waals surface area contributed by atoms with Crippen molar-refractivity contribution in [2.75, 3.05) is 28.4 Å². The topological polar surface area (TPSA) is 101 Å². The van der Waals surface area contributed by atoms with Crippen LogP contribution in [0.15, 0.2) is 36.4 Å². The Labute approximate surface area is 217 Å². The number of nitrogens with zero attached hydrogens (tertiary/aromatic N) is 2. The minimum absolute atomic E-state index is 0.264. The van der Waals surface area contributed by atoms with Crippen LogP contribution in [-0.4, -0.2) is 44.3 Å². The summed E-state index contributed by atoms with van der Waals surface area (Å²) in [6.07, 6.45) is 3.09. The van der Waals surface area contributed by atoms with Crippen LogP contribution >= 0.6 is 0 Å². The van der Waals surface area contributed by atoms with Gasteiger partial charge in [0.25, 0.3) is 0 Å². The highest BCUT2D eigenvalue weighted by Crippen LogP contribution is 2.35. The molecule has 0 unspecified atom stereocenters. The van der Waals surface area contributed by atoms with Gasteiger partial charge in [-0.2, -0.15) is 0 Å². The van der Waals surface area contributed by atoms with E-state index in [1.807, 2.05) is 39.0 Å². The first-order valence-corrected chi connectivity index (χ1v) is 11.7. The third kappa shape index (κ3) is 6.91. The number of benzene rings is 2. The molecule has 2 aromatic carbocycles. The van der Waals surface area contributed by atoms with Gasteiger partial charge >= 0.3 is 0 Å². The maximum Gasteiger partial charge on any atom is 0.244 e. The summed E-state index contributed by atoms with van der Waals surface area (Å²) in [5, 5.41) is 2.87. The van der Waals surface area contributed by atoms with Gasteiger partial charge in [0.05, 0.1) is 51.2 Å². The summed E-state index contributed by atoms with van der Waals surface area (Å²) in [6, 6.07) is 8.97. The second-order valence-corrected chi connectivity index (χ2v) is 8.20. The lowest BCUT2D eigenvalue weighted by atomic mass is 10.1. The first-order chi connectivity index (χ1) is 17.8. The van der Waals surface area contributed by atoms with Gasteiger partial charge in [0.2, 0.25) is 5.91 Å². The van der Waals surface area contributed by atoms with Crippen molar-refractivity contribution < 1.29 is 28.5 Å². The molecular formula is C28H33N3O6. The number of rotatable bonds is 11. The zero-order valence-electron chi connectivity index (χ0n) is 22.3. The molecule has 0 saturated heterocycles. The Bertz CT molecular complexity index is 1290. The van der Waals surface area contributed by atoms with Crippen molar-refractivity contribution >= 4 is 12.0 Å². The summed E-state index contributed by atoms with van der Waals surface area (Å²) in [5.74, 6) is 2.52. The predicted octanol–water partition coefficient (Wildman–Crippen LogP) is 4.34. The van der Waals surface area contributed by atoms with Gasteiger partial charge in [-0.05, 0) is 50.6 Å². The van der Waals surface area contributed by atoms with Crippen molar-refractivity contribution in [3.63, 3.8) is 0 Å². The van der Waals surface area contributed by atoms with E-state index in [1.165, 1.54) is 6.08 Å². The molecule has 0 atom stereocenters. The van der Waals surface area contributed by atoms with E-state index in [2.05, 4.69) is 15.3 Å². The zero-order valence-corrected chi connectivity index (χ0v) is 22.3. The fourth-order valence-electron chi connectivity index (χ4n) is 3.58. The maximum atomic E-state index is 12.5. The van der Waals surface area contributed by atoms with E-state index in [1.54, 1.807) is 46.6 Å². The molecule has 0 radical (unpaired) electrons. The van der Waals surface area contributed by atoms with Crippen LogP contribution < -0.4 is 29.0 Å². The molecule has 1 aromatic heterocycles. The Morgan fingerprint density at radius 3 is 2.08 bits per heavy atom. The van der Waals surface area contributed by atoms with E-state index in [0.29, 0.717) is 40.9 Å². The van der Waals surface area contributed by atoms with E-state index in [0.717, 1.165) is 28.3 Å². The smallest absolute Gasteiger partial charge is 0.244 e. The Kier molecular flexibility index (Phi) is 9.32. The van der Waals surface area contributed by atoms with Crippen LogP contribution in [0.4, 0.5) is 0 Å². The van der Waals surface area contributed by atoms with Gasteiger partial charge in [0, 0.05) is 24.3 Å². The van der Waals surface area contributed by atoms with E-state index in [-0.39, 0.29) is 12.5 Å². The molecule has 0 aliphatic heterocycles. The minimum Gasteiger partial charge on any atom is -0.496 e. The average molecular weight is 508 g/mol. The summed E-state index contributed by atoms with van der Waals surface area (Å²) in [7, 11) is 6.23. The minimum atomic E-state index is -0.264. The van der Waals surface area contributed by atoms with Gasteiger partial charge in [0.15, 0.2) is 23.0 Å². The van der Waals surface area contributed by atoms with Crippen LogP contribution in [-0.2, 0) is 17.9 Å². The van der Waals surface area contributed by atoms with E-state index in [9.17, 15) is 4.79 Å². The summed E-state index contributed by atoms with van der Waals surface area (Å²) in [5.41, 5.74) is 4.93. The molecule has 0 aliphatic rings. The molecule has 1 heterocycles. The SMILES string of the molecule is COc1cc(OC)c(OC)cc1/C=C/C(=O)NCc1ccc(OCc2nc(C)c(C)nc2C)c(OC)c1. The molecule has 3 rings (SSSR count). The molecule has 1 amide bonds. The van der Waals surface area contributed by atoms with Crippen molar-refractivity contribution in [2.45, 2.75) is 33.9 Å². The highest BCUT2D eigenvalue weighted by molar-refractivity contribution is 5.92. The number of carbonyl (C=O) groups is 1. The third-order valence-corrected chi connectivity index (χ3v) is 5.79. The molecular weight excluding hydrogens is 474 g/mol. The Morgan fingerprint density at radius 1 is 0.784 bits per heavy atom. The van der Waals surface area contributed by atoms with Crippen molar-refractivity contribution in [1.82, 2.24) is 15.3 Å². The van der Waals surface area contributed by atoms with Crippen LogP contribution in [0, 0.1) is 20.8 Å². The van der Waals surface area contributed by atoms with E-state index >= 15 is 0 Å². The standard InChI is InChI=1S/C28H33N3O6/c1-17-18(2)31-22(19(3)30-17)16-37-23-10-8-20(12-25(23)34-5)15-29-28(32)11-9-21-13-26(35-6)27(36-7)14-24(21)33-4/h8-14H,15-16H2,1-7H3,(H,29,32)/b11-9+. The molecule has 0 saturated carbocycles. The number of nitrogens with one attached hydrogen (secondary N) is 1. The van der Waals surface area contributed by atoms with Gasteiger partial charge in [-0.1, -0.05) is 6.07 Å². The maximum absolute atomic E-state index is 12.5. The molecule has 0 fully saturated rings. The van der Waals surface area contributed by atoms with Crippen LogP contribution in [0.3, 0.4) is 0 Å². The number of amides is 1. The van der Waals surface area contributed by atoms with Gasteiger partial charge in [-0.15, -0.1) is 0 Å². The summed E-state index contributed by atoms with van der Waals surface area (Å²) in [6.45, 7) is 6.36. The Morgan fingerprint density at radius 2 is 1.41 bits per heavy atom.